The average molecular weight is 222 g/mol. The second kappa shape index (κ2) is 3.85. The quantitative estimate of drug-likeness (QED) is 0.600. The van der Waals surface area contributed by atoms with Gasteiger partial charge in [0.1, 0.15) is 5.78 Å². The fourth-order valence-electron chi connectivity index (χ4n) is 4.25. The fourth-order valence-corrected chi connectivity index (χ4v) is 4.25. The van der Waals surface area contributed by atoms with Gasteiger partial charge in [-0.25, -0.2) is 0 Å². The van der Waals surface area contributed by atoms with Crippen LogP contribution in [0.3, 0.4) is 0 Å². The summed E-state index contributed by atoms with van der Waals surface area (Å²) < 4.78 is 0. The summed E-state index contributed by atoms with van der Waals surface area (Å²) >= 11 is 0. The summed E-state index contributed by atoms with van der Waals surface area (Å²) in [5.74, 6) is 1.57. The van der Waals surface area contributed by atoms with Gasteiger partial charge in [0, 0.05) is 12.3 Å². The van der Waals surface area contributed by atoms with E-state index in [-0.39, 0.29) is 0 Å². The van der Waals surface area contributed by atoms with Gasteiger partial charge in [-0.3, -0.25) is 4.79 Å². The van der Waals surface area contributed by atoms with E-state index < -0.39 is 0 Å². The number of carbonyl (C=O) groups is 1. The molecule has 2 fully saturated rings. The minimum atomic E-state index is 0.314. The molecule has 0 bridgehead atoms. The van der Waals surface area contributed by atoms with Crippen molar-refractivity contribution in [1.29, 1.82) is 0 Å². The van der Waals surface area contributed by atoms with Crippen LogP contribution < -0.4 is 0 Å². The SMILES string of the molecule is C[C@@H]1CC[C@@]2(CC1=O)[C@@H](C)CCCC2(C)C. The maximum atomic E-state index is 12.1. The van der Waals surface area contributed by atoms with Crippen molar-refractivity contribution >= 4 is 5.78 Å². The third-order valence-electron chi connectivity index (χ3n) is 5.79. The highest BCUT2D eigenvalue weighted by Crippen LogP contribution is 2.60. The molecule has 92 valence electrons. The molecule has 2 aliphatic rings. The van der Waals surface area contributed by atoms with Crippen molar-refractivity contribution in [3.05, 3.63) is 0 Å². The van der Waals surface area contributed by atoms with Crippen LogP contribution in [0.5, 0.6) is 0 Å². The molecule has 0 aromatic heterocycles. The molecule has 0 saturated heterocycles. The van der Waals surface area contributed by atoms with Gasteiger partial charge in [0.05, 0.1) is 0 Å². The molecule has 0 N–H and O–H groups in total. The summed E-state index contributed by atoms with van der Waals surface area (Å²) in [7, 11) is 0. The molecule has 0 radical (unpaired) electrons. The molecular weight excluding hydrogens is 196 g/mol. The van der Waals surface area contributed by atoms with Crippen LogP contribution in [-0.2, 0) is 4.79 Å². The van der Waals surface area contributed by atoms with E-state index in [0.717, 1.165) is 18.8 Å². The lowest BCUT2D eigenvalue weighted by atomic mass is 9.48. The van der Waals surface area contributed by atoms with Crippen LogP contribution in [0.2, 0.25) is 0 Å². The largest absolute Gasteiger partial charge is 0.299 e. The first-order valence-electron chi connectivity index (χ1n) is 6.92. The Balaban J connectivity index is 2.30. The first kappa shape index (κ1) is 12.1. The maximum absolute atomic E-state index is 12.1. The van der Waals surface area contributed by atoms with Gasteiger partial charge in [0.25, 0.3) is 0 Å². The molecule has 16 heavy (non-hydrogen) atoms. The van der Waals surface area contributed by atoms with Gasteiger partial charge < -0.3 is 0 Å². The van der Waals surface area contributed by atoms with Gasteiger partial charge in [-0.05, 0) is 36.0 Å². The van der Waals surface area contributed by atoms with Crippen LogP contribution in [0.25, 0.3) is 0 Å². The summed E-state index contributed by atoms with van der Waals surface area (Å²) in [5.41, 5.74) is 0.676. The molecule has 0 unspecified atom stereocenters. The topological polar surface area (TPSA) is 17.1 Å². The van der Waals surface area contributed by atoms with E-state index >= 15 is 0 Å². The lowest BCUT2D eigenvalue weighted by Crippen LogP contribution is -2.50. The standard InChI is InChI=1S/C15H26O/c1-11-7-9-15(10-13(11)16)12(2)6-5-8-14(15,3)4/h11-12H,5-10H2,1-4H3/t11-,12+,15-/m1/s1. The highest BCUT2D eigenvalue weighted by atomic mass is 16.1. The molecule has 2 saturated carbocycles. The second-order valence-electron chi connectivity index (χ2n) is 6.92. The van der Waals surface area contributed by atoms with Crippen LogP contribution in [0.1, 0.15) is 66.2 Å². The molecule has 0 aromatic rings. The van der Waals surface area contributed by atoms with E-state index in [1.165, 1.54) is 25.7 Å². The van der Waals surface area contributed by atoms with Crippen LogP contribution in [0.4, 0.5) is 0 Å². The highest BCUT2D eigenvalue weighted by molar-refractivity contribution is 5.82. The number of Topliss-reactive ketones (excluding diaryl/α,β-unsaturated/α-hetero) is 1. The highest BCUT2D eigenvalue weighted by Gasteiger charge is 2.53. The van der Waals surface area contributed by atoms with E-state index in [2.05, 4.69) is 27.7 Å². The Hall–Kier alpha value is -0.330. The third-order valence-corrected chi connectivity index (χ3v) is 5.79. The molecule has 0 aliphatic heterocycles. The van der Waals surface area contributed by atoms with Crippen molar-refractivity contribution in [3.63, 3.8) is 0 Å². The molecule has 1 nitrogen and oxygen atoms in total. The smallest absolute Gasteiger partial charge is 0.136 e. The zero-order valence-electron chi connectivity index (χ0n) is 11.3. The number of carbonyl (C=O) groups excluding carboxylic acids is 1. The van der Waals surface area contributed by atoms with Gasteiger partial charge in [0.2, 0.25) is 0 Å². The minimum Gasteiger partial charge on any atom is -0.299 e. The predicted octanol–water partition coefficient (Wildman–Crippen LogP) is 4.21. The van der Waals surface area contributed by atoms with Crippen molar-refractivity contribution in [1.82, 2.24) is 0 Å². The van der Waals surface area contributed by atoms with Gasteiger partial charge in [-0.15, -0.1) is 0 Å². The van der Waals surface area contributed by atoms with E-state index in [1.54, 1.807) is 0 Å². The molecule has 0 aromatic carbocycles. The summed E-state index contributed by atoms with van der Waals surface area (Å²) in [6, 6.07) is 0. The molecule has 2 aliphatic carbocycles. The fraction of sp³-hybridized carbons (Fsp3) is 0.933. The third kappa shape index (κ3) is 1.63. The zero-order chi connectivity index (χ0) is 12.0. The van der Waals surface area contributed by atoms with Crippen LogP contribution in [0.15, 0.2) is 0 Å². The Morgan fingerprint density at radius 1 is 1.12 bits per heavy atom. The molecule has 0 amide bonds. The first-order valence-corrected chi connectivity index (χ1v) is 6.92. The summed E-state index contributed by atoms with van der Waals surface area (Å²) in [5, 5.41) is 0. The first-order chi connectivity index (χ1) is 7.39. The number of hydrogen-bond donors (Lipinski definition) is 0. The van der Waals surface area contributed by atoms with E-state index in [0.29, 0.717) is 22.5 Å². The van der Waals surface area contributed by atoms with Crippen LogP contribution in [0, 0.1) is 22.7 Å². The minimum absolute atomic E-state index is 0.314. The van der Waals surface area contributed by atoms with E-state index in [9.17, 15) is 4.79 Å². The van der Waals surface area contributed by atoms with Gasteiger partial charge in [0.15, 0.2) is 0 Å². The Morgan fingerprint density at radius 3 is 2.38 bits per heavy atom. The van der Waals surface area contributed by atoms with Crippen LogP contribution in [-0.4, -0.2) is 5.78 Å². The van der Waals surface area contributed by atoms with Crippen molar-refractivity contribution in [3.8, 4) is 0 Å². The monoisotopic (exact) mass is 222 g/mol. The maximum Gasteiger partial charge on any atom is 0.136 e. The number of rotatable bonds is 0. The summed E-state index contributed by atoms with van der Waals surface area (Å²) in [6.45, 7) is 9.28. The lowest BCUT2D eigenvalue weighted by molar-refractivity contribution is -0.139. The predicted molar refractivity (Wildman–Crippen MR) is 67.3 cm³/mol. The zero-order valence-corrected chi connectivity index (χ0v) is 11.3. The van der Waals surface area contributed by atoms with Crippen molar-refractivity contribution in [2.45, 2.75) is 66.2 Å². The Morgan fingerprint density at radius 2 is 1.81 bits per heavy atom. The number of ketones is 1. The van der Waals surface area contributed by atoms with E-state index in [1.807, 2.05) is 0 Å². The molecule has 0 heterocycles. The Bertz CT molecular complexity index is 292. The van der Waals surface area contributed by atoms with Crippen molar-refractivity contribution in [2.75, 3.05) is 0 Å². The van der Waals surface area contributed by atoms with Crippen molar-refractivity contribution < 1.29 is 4.79 Å². The van der Waals surface area contributed by atoms with Gasteiger partial charge in [-0.1, -0.05) is 40.5 Å². The normalized spacial score (nSPS) is 43.6. The molecular formula is C15H26O. The molecule has 2 rings (SSSR count). The van der Waals surface area contributed by atoms with Gasteiger partial charge >= 0.3 is 0 Å². The average Bonchev–Trinajstić information content (AvgIpc) is 2.19. The molecule has 1 heteroatoms. The van der Waals surface area contributed by atoms with Crippen LogP contribution >= 0.6 is 0 Å². The molecule has 3 atom stereocenters. The Kier molecular flexibility index (Phi) is 2.92. The lowest BCUT2D eigenvalue weighted by Gasteiger charge is -2.56. The van der Waals surface area contributed by atoms with E-state index in [4.69, 9.17) is 0 Å². The summed E-state index contributed by atoms with van der Waals surface area (Å²) in [4.78, 5) is 12.1. The van der Waals surface area contributed by atoms with Crippen molar-refractivity contribution in [2.24, 2.45) is 22.7 Å². The number of hydrogen-bond acceptors (Lipinski definition) is 1. The molecule has 1 spiro atoms. The van der Waals surface area contributed by atoms with Gasteiger partial charge in [-0.2, -0.15) is 0 Å². The summed E-state index contributed by atoms with van der Waals surface area (Å²) in [6.07, 6.45) is 7.22. The second-order valence-corrected chi connectivity index (χ2v) is 6.92. The Labute approximate surface area is 100.0 Å².